The molecule has 1 aliphatic heterocycles. The number of carbonyl (C=O) groups is 3. The fourth-order valence-corrected chi connectivity index (χ4v) is 2.02. The molecule has 0 bridgehead atoms. The highest BCUT2D eigenvalue weighted by molar-refractivity contribution is 5.94. The summed E-state index contributed by atoms with van der Waals surface area (Å²) in [5, 5.41) is 2.48. The number of imide groups is 1. The van der Waals surface area contributed by atoms with Gasteiger partial charge in [-0.2, -0.15) is 0 Å². The molecular weight excluding hydrogens is 276 g/mol. The summed E-state index contributed by atoms with van der Waals surface area (Å²) in [7, 11) is 1.23. The normalized spacial score (nSPS) is 19.7. The Morgan fingerprint density at radius 3 is 2.67 bits per heavy atom. The van der Waals surface area contributed by atoms with Crippen molar-refractivity contribution in [3.63, 3.8) is 0 Å². The standard InChI is InChI=1S/C14H22N2O5/c1-6-7-9(11(17)20-5)15-12(18)16-10(14(2,3)4)8-21-13(16)19/h6,9-10H,1,7-8H2,2-5H3,(H,15,18)/t9?,10-/m1/s1. The van der Waals surface area contributed by atoms with Gasteiger partial charge in [0.1, 0.15) is 12.6 Å². The summed E-state index contributed by atoms with van der Waals surface area (Å²) in [6.45, 7) is 9.38. The van der Waals surface area contributed by atoms with Crippen molar-refractivity contribution in [2.75, 3.05) is 13.7 Å². The Balaban J connectivity index is 2.87. The third kappa shape index (κ3) is 3.96. The SMILES string of the molecule is C=CCC(NC(=O)N1C(=O)OC[C@@H]1C(C)(C)C)C(=O)OC. The summed E-state index contributed by atoms with van der Waals surface area (Å²) in [5.41, 5.74) is -0.331. The van der Waals surface area contributed by atoms with Gasteiger partial charge in [-0.3, -0.25) is 0 Å². The lowest BCUT2D eigenvalue weighted by Crippen LogP contribution is -2.53. The molecule has 1 fully saturated rings. The van der Waals surface area contributed by atoms with Crippen molar-refractivity contribution in [3.05, 3.63) is 12.7 Å². The van der Waals surface area contributed by atoms with Crippen LogP contribution < -0.4 is 5.32 Å². The zero-order valence-corrected chi connectivity index (χ0v) is 12.8. The lowest BCUT2D eigenvalue weighted by atomic mass is 9.87. The Bertz CT molecular complexity index is 441. The molecule has 3 amide bonds. The molecule has 0 spiro atoms. The molecule has 0 radical (unpaired) electrons. The summed E-state index contributed by atoms with van der Waals surface area (Å²) < 4.78 is 9.56. The summed E-state index contributed by atoms with van der Waals surface area (Å²) >= 11 is 0. The lowest BCUT2D eigenvalue weighted by molar-refractivity contribution is -0.142. The lowest BCUT2D eigenvalue weighted by Gasteiger charge is -2.31. The van der Waals surface area contributed by atoms with Crippen molar-refractivity contribution >= 4 is 18.1 Å². The minimum Gasteiger partial charge on any atom is -0.467 e. The first kappa shape index (κ1) is 17.0. The van der Waals surface area contributed by atoms with Gasteiger partial charge in [0.05, 0.1) is 13.2 Å². The first-order chi connectivity index (χ1) is 9.72. The molecule has 0 aromatic rings. The zero-order chi connectivity index (χ0) is 16.2. The average Bonchev–Trinajstić information content (AvgIpc) is 2.79. The number of rotatable bonds is 4. The Kier molecular flexibility index (Phi) is 5.34. The third-order valence-electron chi connectivity index (χ3n) is 3.28. The Labute approximate surface area is 124 Å². The van der Waals surface area contributed by atoms with Crippen LogP contribution in [0.4, 0.5) is 9.59 Å². The van der Waals surface area contributed by atoms with E-state index in [1.165, 1.54) is 13.2 Å². The monoisotopic (exact) mass is 298 g/mol. The van der Waals surface area contributed by atoms with Gasteiger partial charge in [-0.25, -0.2) is 19.3 Å². The first-order valence-electron chi connectivity index (χ1n) is 6.67. The van der Waals surface area contributed by atoms with Gasteiger partial charge >= 0.3 is 18.1 Å². The van der Waals surface area contributed by atoms with Crippen LogP contribution >= 0.6 is 0 Å². The van der Waals surface area contributed by atoms with Crippen LogP contribution in [0.5, 0.6) is 0 Å². The molecule has 21 heavy (non-hydrogen) atoms. The molecule has 7 nitrogen and oxygen atoms in total. The topological polar surface area (TPSA) is 84.9 Å². The molecule has 1 aliphatic rings. The first-order valence-corrected chi connectivity index (χ1v) is 6.67. The minimum atomic E-state index is -0.881. The van der Waals surface area contributed by atoms with E-state index in [-0.39, 0.29) is 18.4 Å². The van der Waals surface area contributed by atoms with Crippen molar-refractivity contribution < 1.29 is 23.9 Å². The van der Waals surface area contributed by atoms with Crippen LogP contribution in [-0.4, -0.2) is 48.8 Å². The van der Waals surface area contributed by atoms with Gasteiger partial charge in [0.2, 0.25) is 0 Å². The number of cyclic esters (lactones) is 1. The van der Waals surface area contributed by atoms with E-state index in [0.717, 1.165) is 4.90 Å². The van der Waals surface area contributed by atoms with Gasteiger partial charge in [-0.15, -0.1) is 6.58 Å². The van der Waals surface area contributed by atoms with Crippen molar-refractivity contribution in [2.24, 2.45) is 5.41 Å². The molecule has 1 rings (SSSR count). The summed E-state index contributed by atoms with van der Waals surface area (Å²) in [6.07, 6.45) is 0.988. The Hall–Kier alpha value is -2.05. The highest BCUT2D eigenvalue weighted by atomic mass is 16.6. The maximum atomic E-state index is 12.3. The number of nitrogens with one attached hydrogen (secondary N) is 1. The summed E-state index contributed by atoms with van der Waals surface area (Å²) in [4.78, 5) is 36.7. The number of hydrogen-bond donors (Lipinski definition) is 1. The number of methoxy groups -OCH3 is 1. The van der Waals surface area contributed by atoms with Crippen molar-refractivity contribution in [2.45, 2.75) is 39.3 Å². The number of hydrogen-bond acceptors (Lipinski definition) is 5. The van der Waals surface area contributed by atoms with Gasteiger partial charge < -0.3 is 14.8 Å². The van der Waals surface area contributed by atoms with E-state index in [9.17, 15) is 14.4 Å². The van der Waals surface area contributed by atoms with E-state index in [4.69, 9.17) is 4.74 Å². The summed E-state index contributed by atoms with van der Waals surface area (Å²) in [6, 6.07) is -1.95. The predicted molar refractivity (Wildman–Crippen MR) is 75.6 cm³/mol. The molecule has 1 heterocycles. The molecular formula is C14H22N2O5. The predicted octanol–water partition coefficient (Wildman–Crippen LogP) is 1.68. The average molecular weight is 298 g/mol. The van der Waals surface area contributed by atoms with Gasteiger partial charge in [0.25, 0.3) is 0 Å². The molecule has 0 aromatic carbocycles. The highest BCUT2D eigenvalue weighted by Crippen LogP contribution is 2.29. The molecule has 7 heteroatoms. The number of amides is 3. The molecule has 0 aromatic heterocycles. The largest absolute Gasteiger partial charge is 0.467 e. The van der Waals surface area contributed by atoms with E-state index in [2.05, 4.69) is 16.6 Å². The maximum Gasteiger partial charge on any atom is 0.418 e. The van der Waals surface area contributed by atoms with E-state index >= 15 is 0 Å². The fraction of sp³-hybridized carbons (Fsp3) is 0.643. The van der Waals surface area contributed by atoms with E-state index in [0.29, 0.717) is 0 Å². The number of carbonyl (C=O) groups excluding carboxylic acids is 3. The fourth-order valence-electron chi connectivity index (χ4n) is 2.02. The quantitative estimate of drug-likeness (QED) is 0.630. The maximum absolute atomic E-state index is 12.3. The highest BCUT2D eigenvalue weighted by Gasteiger charge is 2.45. The third-order valence-corrected chi connectivity index (χ3v) is 3.28. The van der Waals surface area contributed by atoms with Gasteiger partial charge in [-0.1, -0.05) is 26.8 Å². The number of esters is 1. The molecule has 1 N–H and O–H groups in total. The van der Waals surface area contributed by atoms with Gasteiger partial charge in [-0.05, 0) is 11.8 Å². The van der Waals surface area contributed by atoms with Gasteiger partial charge in [0, 0.05) is 0 Å². The van der Waals surface area contributed by atoms with Gasteiger partial charge in [0.15, 0.2) is 0 Å². The van der Waals surface area contributed by atoms with E-state index in [1.54, 1.807) is 0 Å². The Morgan fingerprint density at radius 2 is 2.19 bits per heavy atom. The number of ether oxygens (including phenoxy) is 2. The van der Waals surface area contributed by atoms with Crippen LogP contribution in [0.1, 0.15) is 27.2 Å². The number of nitrogens with zero attached hydrogens (tertiary/aromatic N) is 1. The zero-order valence-electron chi connectivity index (χ0n) is 12.8. The van der Waals surface area contributed by atoms with Crippen LogP contribution in [0, 0.1) is 5.41 Å². The molecule has 1 unspecified atom stereocenters. The molecule has 0 aliphatic carbocycles. The summed E-state index contributed by atoms with van der Waals surface area (Å²) in [5.74, 6) is -0.594. The van der Waals surface area contributed by atoms with Crippen molar-refractivity contribution in [1.82, 2.24) is 10.2 Å². The van der Waals surface area contributed by atoms with Crippen molar-refractivity contribution in [1.29, 1.82) is 0 Å². The molecule has 1 saturated heterocycles. The van der Waals surface area contributed by atoms with Crippen molar-refractivity contribution in [3.8, 4) is 0 Å². The van der Waals surface area contributed by atoms with E-state index in [1.807, 2.05) is 20.8 Å². The molecule has 0 saturated carbocycles. The van der Waals surface area contributed by atoms with Crippen LogP contribution in [0.2, 0.25) is 0 Å². The van der Waals surface area contributed by atoms with Crippen LogP contribution in [-0.2, 0) is 14.3 Å². The second-order valence-corrected chi connectivity index (χ2v) is 5.88. The molecule has 118 valence electrons. The molecule has 2 atom stereocenters. The number of urea groups is 1. The van der Waals surface area contributed by atoms with Crippen LogP contribution in [0.25, 0.3) is 0 Å². The smallest absolute Gasteiger partial charge is 0.418 e. The minimum absolute atomic E-state index is 0.139. The van der Waals surface area contributed by atoms with Crippen LogP contribution in [0.15, 0.2) is 12.7 Å². The Morgan fingerprint density at radius 1 is 1.57 bits per heavy atom. The van der Waals surface area contributed by atoms with E-state index < -0.39 is 30.2 Å². The second-order valence-electron chi connectivity index (χ2n) is 5.88. The van der Waals surface area contributed by atoms with Crippen LogP contribution in [0.3, 0.4) is 0 Å². The second kappa shape index (κ2) is 6.60.